The van der Waals surface area contributed by atoms with E-state index in [1.165, 1.54) is 25.1 Å². The van der Waals surface area contributed by atoms with Gasteiger partial charge >= 0.3 is 6.36 Å². The van der Waals surface area contributed by atoms with E-state index in [-0.39, 0.29) is 11.7 Å². The third-order valence-corrected chi connectivity index (χ3v) is 2.87. The fourth-order valence-electron chi connectivity index (χ4n) is 1.38. The minimum absolute atomic E-state index is 0.103. The van der Waals surface area contributed by atoms with E-state index in [4.69, 9.17) is 0 Å². The Bertz CT molecular complexity index is 501. The van der Waals surface area contributed by atoms with Gasteiger partial charge in [0.25, 0.3) is 0 Å². The summed E-state index contributed by atoms with van der Waals surface area (Å²) in [5.74, 6) is -0.381. The number of hydrogen-bond acceptors (Lipinski definition) is 2. The minimum atomic E-state index is -4.70. The van der Waals surface area contributed by atoms with E-state index in [9.17, 15) is 18.0 Å². The van der Waals surface area contributed by atoms with Gasteiger partial charge in [0, 0.05) is 17.9 Å². The van der Waals surface area contributed by atoms with Gasteiger partial charge in [-0.05, 0) is 24.1 Å². The molecular weight excluding hydrogens is 339 g/mol. The van der Waals surface area contributed by atoms with Crippen molar-refractivity contribution in [1.82, 2.24) is 5.32 Å². The first-order chi connectivity index (χ1) is 9.28. The van der Waals surface area contributed by atoms with Crippen LogP contribution in [0.4, 0.5) is 13.2 Å². The first kappa shape index (κ1) is 16.6. The lowest BCUT2D eigenvalue weighted by atomic mass is 10.2. The highest BCUT2D eigenvalue weighted by Gasteiger charge is 2.31. The molecule has 1 N–H and O–H groups in total. The Morgan fingerprint density at radius 3 is 2.70 bits per heavy atom. The van der Waals surface area contributed by atoms with Crippen LogP contribution in [0.1, 0.15) is 18.9 Å². The lowest BCUT2D eigenvalue weighted by Gasteiger charge is -2.09. The Labute approximate surface area is 122 Å². The van der Waals surface area contributed by atoms with E-state index in [0.29, 0.717) is 17.4 Å². The van der Waals surface area contributed by atoms with E-state index in [1.807, 2.05) is 6.08 Å². The zero-order valence-corrected chi connectivity index (χ0v) is 12.2. The second kappa shape index (κ2) is 7.33. The molecular formula is C13H13BrF3NO2. The number of benzene rings is 1. The zero-order valence-electron chi connectivity index (χ0n) is 10.6. The number of hydrogen-bond donors (Lipinski definition) is 1. The van der Waals surface area contributed by atoms with Crippen molar-refractivity contribution in [3.63, 3.8) is 0 Å². The van der Waals surface area contributed by atoms with Crippen LogP contribution in [0.15, 0.2) is 28.7 Å². The van der Waals surface area contributed by atoms with Crippen molar-refractivity contribution in [2.75, 3.05) is 6.54 Å². The molecule has 1 rings (SSSR count). The number of rotatable bonds is 5. The molecule has 0 heterocycles. The van der Waals surface area contributed by atoms with Gasteiger partial charge in [0.05, 0.1) is 0 Å². The minimum Gasteiger partial charge on any atom is -0.406 e. The van der Waals surface area contributed by atoms with Gasteiger partial charge in [0.15, 0.2) is 0 Å². The largest absolute Gasteiger partial charge is 0.573 e. The number of alkyl halides is 3. The molecule has 0 unspecified atom stereocenters. The zero-order chi connectivity index (χ0) is 15.2. The number of nitrogens with one attached hydrogen (secondary N) is 1. The summed E-state index contributed by atoms with van der Waals surface area (Å²) in [4.78, 5) is 10.6. The monoisotopic (exact) mass is 351 g/mol. The first-order valence-corrected chi connectivity index (χ1v) is 6.53. The average molecular weight is 352 g/mol. The van der Waals surface area contributed by atoms with E-state index in [0.717, 1.165) is 5.56 Å². The normalized spacial score (nSPS) is 11.7. The molecule has 20 heavy (non-hydrogen) atoms. The summed E-state index contributed by atoms with van der Waals surface area (Å²) in [6.07, 6.45) is -0.494. The molecule has 0 bridgehead atoms. The van der Waals surface area contributed by atoms with E-state index in [2.05, 4.69) is 26.0 Å². The van der Waals surface area contributed by atoms with Gasteiger partial charge in [-0.25, -0.2) is 0 Å². The topological polar surface area (TPSA) is 38.3 Å². The summed E-state index contributed by atoms with van der Waals surface area (Å²) in [7, 11) is 0. The van der Waals surface area contributed by atoms with E-state index < -0.39 is 6.36 Å². The molecule has 1 aromatic carbocycles. The molecule has 7 heteroatoms. The molecule has 0 saturated heterocycles. The van der Waals surface area contributed by atoms with Crippen molar-refractivity contribution >= 4 is 27.9 Å². The summed E-state index contributed by atoms with van der Waals surface area (Å²) in [5.41, 5.74) is 0.724. The second-order valence-corrected chi connectivity index (χ2v) is 4.76. The molecule has 0 aliphatic rings. The Hall–Kier alpha value is -1.50. The third kappa shape index (κ3) is 6.60. The quantitative estimate of drug-likeness (QED) is 0.817. The highest BCUT2D eigenvalue weighted by Crippen LogP contribution is 2.28. The van der Waals surface area contributed by atoms with Gasteiger partial charge in [-0.3, -0.25) is 4.79 Å². The fraction of sp³-hybridized carbons (Fsp3) is 0.308. The maximum Gasteiger partial charge on any atom is 0.573 e. The maximum absolute atomic E-state index is 12.0. The number of amides is 1. The summed E-state index contributed by atoms with van der Waals surface area (Å²) in [5, 5.41) is 2.63. The Kier molecular flexibility index (Phi) is 6.06. The van der Waals surface area contributed by atoms with Crippen molar-refractivity contribution in [3.05, 3.63) is 34.3 Å². The smallest absolute Gasteiger partial charge is 0.406 e. The molecule has 0 atom stereocenters. The van der Waals surface area contributed by atoms with Gasteiger partial charge in [-0.15, -0.1) is 13.2 Å². The van der Waals surface area contributed by atoms with Crippen molar-refractivity contribution in [3.8, 4) is 5.75 Å². The summed E-state index contributed by atoms with van der Waals surface area (Å²) >= 11 is 3.18. The predicted molar refractivity (Wildman–Crippen MR) is 73.2 cm³/mol. The summed E-state index contributed by atoms with van der Waals surface area (Å²) < 4.78 is 40.4. The second-order valence-electron chi connectivity index (χ2n) is 3.91. The van der Waals surface area contributed by atoms with Crippen molar-refractivity contribution in [1.29, 1.82) is 0 Å². The standard InChI is InChI=1S/C13H13BrF3NO2/c1-9(19)18-7-3-2-4-10-5-6-11(8-12(10)14)20-13(15,16)17/h2,4-6,8H,3,7H2,1H3,(H,18,19). The Morgan fingerprint density at radius 2 is 2.15 bits per heavy atom. The predicted octanol–water partition coefficient (Wildman–Crippen LogP) is 3.89. The third-order valence-electron chi connectivity index (χ3n) is 2.19. The summed E-state index contributed by atoms with van der Waals surface area (Å²) in [6, 6.07) is 4.01. The molecule has 0 fully saturated rings. The first-order valence-electron chi connectivity index (χ1n) is 5.74. The van der Waals surface area contributed by atoms with Crippen LogP contribution in [0.2, 0.25) is 0 Å². The summed E-state index contributed by atoms with van der Waals surface area (Å²) in [6.45, 7) is 1.94. The van der Waals surface area contributed by atoms with Crippen LogP contribution in [0.5, 0.6) is 5.75 Å². The number of carbonyl (C=O) groups is 1. The molecule has 0 aliphatic heterocycles. The van der Waals surface area contributed by atoms with Crippen LogP contribution in [-0.4, -0.2) is 18.8 Å². The van der Waals surface area contributed by atoms with Crippen molar-refractivity contribution < 1.29 is 22.7 Å². The number of halogens is 4. The maximum atomic E-state index is 12.0. The van der Waals surface area contributed by atoms with Gasteiger partial charge < -0.3 is 10.1 Å². The van der Waals surface area contributed by atoms with Crippen LogP contribution < -0.4 is 10.1 Å². The highest BCUT2D eigenvalue weighted by molar-refractivity contribution is 9.10. The lowest BCUT2D eigenvalue weighted by molar-refractivity contribution is -0.274. The molecule has 0 radical (unpaired) electrons. The van der Waals surface area contributed by atoms with E-state index >= 15 is 0 Å². The van der Waals surface area contributed by atoms with Gasteiger partial charge in [0.2, 0.25) is 5.91 Å². The van der Waals surface area contributed by atoms with E-state index in [1.54, 1.807) is 6.08 Å². The Morgan fingerprint density at radius 1 is 1.45 bits per heavy atom. The molecule has 0 spiro atoms. The van der Waals surface area contributed by atoms with Crippen molar-refractivity contribution in [2.24, 2.45) is 0 Å². The van der Waals surface area contributed by atoms with Crippen LogP contribution in [-0.2, 0) is 4.79 Å². The number of carbonyl (C=O) groups excluding carboxylic acids is 1. The van der Waals surface area contributed by atoms with Crippen LogP contribution in [0.3, 0.4) is 0 Å². The van der Waals surface area contributed by atoms with Crippen LogP contribution >= 0.6 is 15.9 Å². The molecule has 0 aromatic heterocycles. The van der Waals surface area contributed by atoms with Gasteiger partial charge in [-0.1, -0.05) is 34.1 Å². The van der Waals surface area contributed by atoms with Crippen LogP contribution in [0.25, 0.3) is 6.08 Å². The van der Waals surface area contributed by atoms with Crippen LogP contribution in [0, 0.1) is 0 Å². The molecule has 1 amide bonds. The van der Waals surface area contributed by atoms with Crippen molar-refractivity contribution in [2.45, 2.75) is 19.7 Å². The van der Waals surface area contributed by atoms with Gasteiger partial charge in [0.1, 0.15) is 5.75 Å². The molecule has 1 aromatic rings. The lowest BCUT2D eigenvalue weighted by Crippen LogP contribution is -2.20. The fourth-order valence-corrected chi connectivity index (χ4v) is 1.87. The Balaban J connectivity index is 2.59. The SMILES string of the molecule is CC(=O)NCCC=Cc1ccc(OC(F)(F)F)cc1Br. The molecule has 0 aliphatic carbocycles. The van der Waals surface area contributed by atoms with Gasteiger partial charge in [-0.2, -0.15) is 0 Å². The molecule has 0 saturated carbocycles. The number of ether oxygens (including phenoxy) is 1. The molecule has 3 nitrogen and oxygen atoms in total. The average Bonchev–Trinajstić information content (AvgIpc) is 2.28. The molecule has 110 valence electrons. The highest BCUT2D eigenvalue weighted by atomic mass is 79.9.